The van der Waals surface area contributed by atoms with Crippen LogP contribution >= 0.6 is 23.4 Å². The number of hydrogen-bond acceptors (Lipinski definition) is 5. The summed E-state index contributed by atoms with van der Waals surface area (Å²) in [5.74, 6) is -0.382. The normalized spacial score (nSPS) is 10.3. The van der Waals surface area contributed by atoms with E-state index in [0.717, 1.165) is 17.3 Å². The van der Waals surface area contributed by atoms with Gasteiger partial charge in [0.1, 0.15) is 0 Å². The van der Waals surface area contributed by atoms with Crippen molar-refractivity contribution in [1.82, 2.24) is 20.6 Å². The van der Waals surface area contributed by atoms with E-state index < -0.39 is 0 Å². The quantitative estimate of drug-likeness (QED) is 0.493. The van der Waals surface area contributed by atoms with Gasteiger partial charge in [-0.3, -0.25) is 14.4 Å². The average molecular weight is 381 g/mol. The van der Waals surface area contributed by atoms with Gasteiger partial charge in [0.05, 0.1) is 17.9 Å². The number of thioether (sulfide) groups is 1. The maximum atomic E-state index is 11.9. The lowest BCUT2D eigenvalue weighted by atomic mass is 10.2. The van der Waals surface area contributed by atoms with Gasteiger partial charge in [0.2, 0.25) is 11.8 Å². The minimum atomic E-state index is -0.368. The number of benzene rings is 1. The molecule has 132 valence electrons. The lowest BCUT2D eigenvalue weighted by molar-refractivity contribution is -0.120. The van der Waals surface area contributed by atoms with Crippen molar-refractivity contribution < 1.29 is 9.59 Å². The fraction of sp³-hybridized carbons (Fsp3) is 0.250. The van der Waals surface area contributed by atoms with Crippen LogP contribution in [0, 0.1) is 0 Å². The molecule has 0 aliphatic carbocycles. The van der Waals surface area contributed by atoms with E-state index in [0.29, 0.717) is 22.4 Å². The highest BCUT2D eigenvalue weighted by molar-refractivity contribution is 7.99. The first kappa shape index (κ1) is 19.0. The highest BCUT2D eigenvalue weighted by atomic mass is 35.5. The zero-order valence-corrected chi connectivity index (χ0v) is 15.0. The summed E-state index contributed by atoms with van der Waals surface area (Å²) in [7, 11) is 1.51. The van der Waals surface area contributed by atoms with Gasteiger partial charge in [-0.25, -0.2) is 4.98 Å². The molecule has 1 aromatic heterocycles. The van der Waals surface area contributed by atoms with Crippen molar-refractivity contribution in [2.45, 2.75) is 18.1 Å². The van der Waals surface area contributed by atoms with E-state index in [1.54, 1.807) is 6.07 Å². The van der Waals surface area contributed by atoms with Gasteiger partial charge in [-0.05, 0) is 11.6 Å². The lowest BCUT2D eigenvalue weighted by Crippen LogP contribution is -2.25. The first-order valence-electron chi connectivity index (χ1n) is 7.41. The van der Waals surface area contributed by atoms with Gasteiger partial charge < -0.3 is 15.6 Å². The molecular formula is C16H17ClN4O3S. The topological polar surface area (TPSA) is 104 Å². The molecule has 0 bridgehead atoms. The summed E-state index contributed by atoms with van der Waals surface area (Å²) in [4.78, 5) is 41.6. The largest absolute Gasteiger partial charge is 0.359 e. The Hall–Kier alpha value is -2.32. The molecule has 2 rings (SSSR count). The van der Waals surface area contributed by atoms with Crippen LogP contribution in [0.3, 0.4) is 0 Å². The van der Waals surface area contributed by atoms with Crippen molar-refractivity contribution in [1.29, 1.82) is 0 Å². The van der Waals surface area contributed by atoms with Crippen molar-refractivity contribution in [2.75, 3.05) is 12.8 Å². The number of nitrogens with one attached hydrogen (secondary N) is 3. The lowest BCUT2D eigenvalue weighted by Gasteiger charge is -2.07. The van der Waals surface area contributed by atoms with Crippen molar-refractivity contribution >= 4 is 35.2 Å². The highest BCUT2D eigenvalue weighted by Crippen LogP contribution is 2.15. The SMILES string of the molecule is CNC(=O)Cc1cc(=O)[nH]c(SCC(=O)NCc2ccccc2Cl)n1. The zero-order chi connectivity index (χ0) is 18.2. The number of rotatable bonds is 7. The van der Waals surface area contributed by atoms with Crippen LogP contribution in [0.2, 0.25) is 5.02 Å². The van der Waals surface area contributed by atoms with Crippen LogP contribution < -0.4 is 16.2 Å². The molecular weight excluding hydrogens is 364 g/mol. The summed E-state index contributed by atoms with van der Waals surface area (Å²) in [6, 6.07) is 8.50. The molecule has 0 saturated carbocycles. The Kier molecular flexibility index (Phi) is 7.03. The molecule has 0 aliphatic rings. The monoisotopic (exact) mass is 380 g/mol. The number of amides is 2. The van der Waals surface area contributed by atoms with Crippen LogP contribution in [0.15, 0.2) is 40.3 Å². The summed E-state index contributed by atoms with van der Waals surface area (Å²) >= 11 is 7.12. The van der Waals surface area contributed by atoms with E-state index in [4.69, 9.17) is 11.6 Å². The van der Waals surface area contributed by atoms with Crippen molar-refractivity contribution in [3.8, 4) is 0 Å². The Morgan fingerprint density at radius 2 is 2.04 bits per heavy atom. The van der Waals surface area contributed by atoms with Crippen molar-refractivity contribution in [3.63, 3.8) is 0 Å². The van der Waals surface area contributed by atoms with Crippen molar-refractivity contribution in [2.24, 2.45) is 0 Å². The summed E-state index contributed by atoms with van der Waals surface area (Å²) in [5, 5.41) is 6.10. The third kappa shape index (κ3) is 6.24. The van der Waals surface area contributed by atoms with Gasteiger partial charge in [-0.1, -0.05) is 41.6 Å². The van der Waals surface area contributed by atoms with Crippen LogP contribution in [0.25, 0.3) is 0 Å². The van der Waals surface area contributed by atoms with E-state index >= 15 is 0 Å². The number of H-pyrrole nitrogens is 1. The standard InChI is InChI=1S/C16H17ClN4O3S/c1-18-13(22)6-11-7-14(23)21-16(20-11)25-9-15(24)19-8-10-4-2-3-5-12(10)17/h2-5,7H,6,8-9H2,1H3,(H,18,22)(H,19,24)(H,20,21,23). The molecule has 9 heteroatoms. The Morgan fingerprint density at radius 3 is 2.76 bits per heavy atom. The van der Waals surface area contributed by atoms with Gasteiger partial charge in [0.25, 0.3) is 5.56 Å². The summed E-state index contributed by atoms with van der Waals surface area (Å²) < 4.78 is 0. The number of aromatic amines is 1. The van der Waals surface area contributed by atoms with Crippen LogP contribution in [0.4, 0.5) is 0 Å². The van der Waals surface area contributed by atoms with Gasteiger partial charge in [-0.15, -0.1) is 0 Å². The van der Waals surface area contributed by atoms with Gasteiger partial charge in [-0.2, -0.15) is 0 Å². The van der Waals surface area contributed by atoms with Gasteiger partial charge in [0, 0.05) is 24.7 Å². The second-order valence-corrected chi connectivity index (χ2v) is 6.42. The molecule has 2 amide bonds. The number of likely N-dealkylation sites (N-methyl/N-ethyl adjacent to an activating group) is 1. The molecule has 7 nitrogen and oxygen atoms in total. The predicted molar refractivity (Wildman–Crippen MR) is 96.7 cm³/mol. The second-order valence-electron chi connectivity index (χ2n) is 5.05. The smallest absolute Gasteiger partial charge is 0.251 e. The summed E-state index contributed by atoms with van der Waals surface area (Å²) in [5.41, 5.74) is 0.802. The molecule has 0 unspecified atom stereocenters. The molecule has 25 heavy (non-hydrogen) atoms. The minimum Gasteiger partial charge on any atom is -0.359 e. The number of aromatic nitrogens is 2. The Morgan fingerprint density at radius 1 is 1.28 bits per heavy atom. The van der Waals surface area contributed by atoms with Gasteiger partial charge in [0.15, 0.2) is 5.16 Å². The van der Waals surface area contributed by atoms with Crippen LogP contribution in [-0.2, 0) is 22.6 Å². The number of halogens is 1. The number of carbonyl (C=O) groups excluding carboxylic acids is 2. The fourth-order valence-corrected chi connectivity index (χ4v) is 2.84. The molecule has 3 N–H and O–H groups in total. The molecule has 2 aromatic rings. The van der Waals surface area contributed by atoms with Crippen molar-refractivity contribution in [3.05, 3.63) is 57.0 Å². The van der Waals surface area contributed by atoms with Crippen LogP contribution in [0.1, 0.15) is 11.3 Å². The number of nitrogens with zero attached hydrogens (tertiary/aromatic N) is 1. The Labute approximate surface area is 153 Å². The maximum absolute atomic E-state index is 11.9. The molecule has 0 spiro atoms. The summed E-state index contributed by atoms with van der Waals surface area (Å²) in [6.07, 6.45) is 0.00663. The molecule has 0 fully saturated rings. The Bertz CT molecular complexity index is 825. The molecule has 0 atom stereocenters. The van der Waals surface area contributed by atoms with E-state index in [-0.39, 0.29) is 29.5 Å². The average Bonchev–Trinajstić information content (AvgIpc) is 2.58. The number of hydrogen-bond donors (Lipinski definition) is 3. The fourth-order valence-electron chi connectivity index (χ4n) is 1.92. The van der Waals surface area contributed by atoms with E-state index in [2.05, 4.69) is 20.6 Å². The number of carbonyl (C=O) groups is 2. The molecule has 0 radical (unpaired) electrons. The van der Waals surface area contributed by atoms with Crippen LogP contribution in [0.5, 0.6) is 0 Å². The van der Waals surface area contributed by atoms with E-state index in [1.165, 1.54) is 13.1 Å². The molecule has 0 saturated heterocycles. The second kappa shape index (κ2) is 9.24. The zero-order valence-electron chi connectivity index (χ0n) is 13.5. The maximum Gasteiger partial charge on any atom is 0.251 e. The van der Waals surface area contributed by atoms with E-state index in [1.807, 2.05) is 18.2 Å². The molecule has 1 aromatic carbocycles. The van der Waals surface area contributed by atoms with E-state index in [9.17, 15) is 14.4 Å². The van der Waals surface area contributed by atoms with Crippen LogP contribution in [-0.4, -0.2) is 34.6 Å². The molecule has 1 heterocycles. The predicted octanol–water partition coefficient (Wildman–Crippen LogP) is 1.12. The highest BCUT2D eigenvalue weighted by Gasteiger charge is 2.09. The third-order valence-electron chi connectivity index (χ3n) is 3.17. The first-order valence-corrected chi connectivity index (χ1v) is 8.78. The third-order valence-corrected chi connectivity index (χ3v) is 4.41. The summed E-state index contributed by atoms with van der Waals surface area (Å²) in [6.45, 7) is 0.319. The minimum absolute atomic E-state index is 0.00663. The van der Waals surface area contributed by atoms with Gasteiger partial charge >= 0.3 is 0 Å². The Balaban J connectivity index is 1.90. The first-order chi connectivity index (χ1) is 12.0. The molecule has 0 aliphatic heterocycles.